The minimum atomic E-state index is -0.464. The molecule has 0 N–H and O–H groups in total. The molecule has 1 aromatic carbocycles. The van der Waals surface area contributed by atoms with Crippen molar-refractivity contribution in [2.45, 2.75) is 19.8 Å². The van der Waals surface area contributed by atoms with Gasteiger partial charge < -0.3 is 9.15 Å². The molecule has 0 aliphatic carbocycles. The molecule has 0 bridgehead atoms. The van der Waals surface area contributed by atoms with E-state index >= 15 is 0 Å². The molecule has 0 atom stereocenters. The van der Waals surface area contributed by atoms with Crippen molar-refractivity contribution in [2.75, 3.05) is 0 Å². The van der Waals surface area contributed by atoms with Crippen molar-refractivity contribution in [3.8, 4) is 0 Å². The van der Waals surface area contributed by atoms with E-state index in [-0.39, 0.29) is 11.6 Å². The van der Waals surface area contributed by atoms with Gasteiger partial charge in [0.15, 0.2) is 11.5 Å². The van der Waals surface area contributed by atoms with Gasteiger partial charge in [-0.1, -0.05) is 38.1 Å². The third kappa shape index (κ3) is 2.79. The summed E-state index contributed by atoms with van der Waals surface area (Å²) in [7, 11) is 0. The van der Waals surface area contributed by atoms with Gasteiger partial charge in [-0.2, -0.15) is 0 Å². The largest absolute Gasteiger partial charge is 0.459 e. The quantitative estimate of drug-likeness (QED) is 0.636. The van der Waals surface area contributed by atoms with Crippen LogP contribution in [0.5, 0.6) is 0 Å². The highest BCUT2D eigenvalue weighted by atomic mass is 16.6. The first-order chi connectivity index (χ1) is 10.1. The molecule has 0 unspecified atom stereocenters. The molecule has 2 heterocycles. The van der Waals surface area contributed by atoms with E-state index in [9.17, 15) is 4.79 Å². The van der Waals surface area contributed by atoms with E-state index in [1.54, 1.807) is 18.2 Å². The molecule has 0 fully saturated rings. The molecule has 1 aliphatic heterocycles. The van der Waals surface area contributed by atoms with Crippen LogP contribution in [0.3, 0.4) is 0 Å². The number of carbonyl (C=O) groups is 1. The molecule has 1 aromatic heterocycles. The number of rotatable bonds is 3. The number of nitrogens with zero attached hydrogens (tertiary/aromatic N) is 1. The molecule has 0 saturated carbocycles. The third-order valence-corrected chi connectivity index (χ3v) is 3.26. The molecule has 2 aromatic rings. The molecular formula is C17H15NO3. The molecule has 106 valence electrons. The fourth-order valence-electron chi connectivity index (χ4n) is 2.05. The van der Waals surface area contributed by atoms with Crippen LogP contribution in [-0.4, -0.2) is 11.9 Å². The van der Waals surface area contributed by atoms with E-state index in [0.717, 1.165) is 5.56 Å². The third-order valence-electron chi connectivity index (χ3n) is 3.26. The first-order valence-corrected chi connectivity index (χ1v) is 6.80. The number of hydrogen-bond donors (Lipinski definition) is 0. The first kappa shape index (κ1) is 13.4. The van der Waals surface area contributed by atoms with Crippen LogP contribution in [0.15, 0.2) is 57.8 Å². The molecule has 4 nitrogen and oxygen atoms in total. The van der Waals surface area contributed by atoms with Gasteiger partial charge in [0, 0.05) is 0 Å². The lowest BCUT2D eigenvalue weighted by atomic mass is 10.0. The van der Waals surface area contributed by atoms with Gasteiger partial charge in [-0.05, 0) is 35.3 Å². The number of carbonyl (C=O) groups excluding carboxylic acids is 1. The predicted molar refractivity (Wildman–Crippen MR) is 79.8 cm³/mol. The topological polar surface area (TPSA) is 51.8 Å². The minimum absolute atomic E-state index is 0.204. The van der Waals surface area contributed by atoms with E-state index in [4.69, 9.17) is 9.15 Å². The molecule has 3 rings (SSSR count). The van der Waals surface area contributed by atoms with Crippen LogP contribution in [0.25, 0.3) is 6.08 Å². The fourth-order valence-corrected chi connectivity index (χ4v) is 2.05. The molecule has 0 spiro atoms. The summed E-state index contributed by atoms with van der Waals surface area (Å²) in [4.78, 5) is 16.0. The lowest BCUT2D eigenvalue weighted by Gasteiger charge is -2.04. The molecule has 0 amide bonds. The van der Waals surface area contributed by atoms with Crippen molar-refractivity contribution in [3.63, 3.8) is 0 Å². The monoisotopic (exact) mass is 281 g/mol. The zero-order chi connectivity index (χ0) is 14.8. The maximum atomic E-state index is 11.8. The maximum absolute atomic E-state index is 11.8. The predicted octanol–water partition coefficient (Wildman–Crippen LogP) is 3.75. The highest BCUT2D eigenvalue weighted by Gasteiger charge is 2.25. The smallest absolute Gasteiger partial charge is 0.363 e. The number of cyclic esters (lactones) is 1. The Morgan fingerprint density at radius 3 is 2.52 bits per heavy atom. The van der Waals surface area contributed by atoms with Gasteiger partial charge in [0.1, 0.15) is 0 Å². The van der Waals surface area contributed by atoms with Crippen LogP contribution < -0.4 is 0 Å². The van der Waals surface area contributed by atoms with E-state index in [2.05, 4.69) is 31.0 Å². The standard InChI is InChI=1S/C17H15NO3/c1-11(2)13-7-5-12(6-8-13)10-14-17(19)21-16(18-14)15-4-3-9-20-15/h3-11H,1-2H3/b14-10-. The minimum Gasteiger partial charge on any atom is -0.459 e. The van der Waals surface area contributed by atoms with Gasteiger partial charge >= 0.3 is 5.97 Å². The number of ether oxygens (including phenoxy) is 1. The zero-order valence-corrected chi connectivity index (χ0v) is 11.9. The van der Waals surface area contributed by atoms with Gasteiger partial charge in [-0.25, -0.2) is 9.79 Å². The maximum Gasteiger partial charge on any atom is 0.363 e. The lowest BCUT2D eigenvalue weighted by Crippen LogP contribution is -2.04. The first-order valence-electron chi connectivity index (χ1n) is 6.80. The summed E-state index contributed by atoms with van der Waals surface area (Å²) in [6.07, 6.45) is 3.22. The average Bonchev–Trinajstić information content (AvgIpc) is 3.10. The summed E-state index contributed by atoms with van der Waals surface area (Å²) in [5.41, 5.74) is 2.44. The fraction of sp³-hybridized carbons (Fsp3) is 0.176. The molecular weight excluding hydrogens is 266 g/mol. The second-order valence-corrected chi connectivity index (χ2v) is 5.13. The second-order valence-electron chi connectivity index (χ2n) is 5.13. The van der Waals surface area contributed by atoms with E-state index in [1.807, 2.05) is 12.1 Å². The summed E-state index contributed by atoms with van der Waals surface area (Å²) in [6, 6.07) is 11.5. The normalized spacial score (nSPS) is 16.4. The van der Waals surface area contributed by atoms with Gasteiger partial charge in [0.05, 0.1) is 6.26 Å². The average molecular weight is 281 g/mol. The lowest BCUT2D eigenvalue weighted by molar-refractivity contribution is -0.130. The highest BCUT2D eigenvalue weighted by molar-refractivity contribution is 6.11. The van der Waals surface area contributed by atoms with Crippen molar-refractivity contribution in [1.82, 2.24) is 0 Å². The molecule has 0 radical (unpaired) electrons. The Labute approximate surface area is 122 Å². The van der Waals surface area contributed by atoms with Crippen molar-refractivity contribution in [3.05, 3.63) is 65.2 Å². The van der Waals surface area contributed by atoms with E-state index in [1.165, 1.54) is 11.8 Å². The summed E-state index contributed by atoms with van der Waals surface area (Å²) in [5, 5.41) is 0. The molecule has 21 heavy (non-hydrogen) atoms. The van der Waals surface area contributed by atoms with Crippen molar-refractivity contribution in [1.29, 1.82) is 0 Å². The Morgan fingerprint density at radius 2 is 1.90 bits per heavy atom. The number of hydrogen-bond acceptors (Lipinski definition) is 4. The Kier molecular flexibility index (Phi) is 3.44. The summed E-state index contributed by atoms with van der Waals surface area (Å²) in [6.45, 7) is 4.28. The molecule has 1 aliphatic rings. The summed E-state index contributed by atoms with van der Waals surface area (Å²) < 4.78 is 10.3. The van der Waals surface area contributed by atoms with Crippen LogP contribution in [-0.2, 0) is 9.53 Å². The number of benzene rings is 1. The number of aliphatic imine (C=N–C) groups is 1. The van der Waals surface area contributed by atoms with Crippen LogP contribution in [0, 0.1) is 0 Å². The van der Waals surface area contributed by atoms with Gasteiger partial charge in [-0.15, -0.1) is 0 Å². The Morgan fingerprint density at radius 1 is 1.14 bits per heavy atom. The molecule has 0 saturated heterocycles. The van der Waals surface area contributed by atoms with Crippen molar-refractivity contribution >= 4 is 17.9 Å². The highest BCUT2D eigenvalue weighted by Crippen LogP contribution is 2.21. The van der Waals surface area contributed by atoms with E-state index in [0.29, 0.717) is 11.7 Å². The van der Waals surface area contributed by atoms with Crippen LogP contribution in [0.2, 0.25) is 0 Å². The molecule has 4 heteroatoms. The van der Waals surface area contributed by atoms with Crippen molar-refractivity contribution in [2.24, 2.45) is 4.99 Å². The van der Waals surface area contributed by atoms with Crippen LogP contribution >= 0.6 is 0 Å². The Bertz CT molecular complexity index is 707. The van der Waals surface area contributed by atoms with Gasteiger partial charge in [0.25, 0.3) is 5.90 Å². The summed E-state index contributed by atoms with van der Waals surface area (Å²) >= 11 is 0. The number of esters is 1. The number of furan rings is 1. The SMILES string of the molecule is CC(C)c1ccc(/C=C2\N=C(c3ccco3)OC2=O)cc1. The summed E-state index contributed by atoms with van der Waals surface area (Å²) in [5.74, 6) is 0.665. The van der Waals surface area contributed by atoms with Crippen LogP contribution in [0.4, 0.5) is 0 Å². The Hall–Kier alpha value is -2.62. The van der Waals surface area contributed by atoms with Crippen molar-refractivity contribution < 1.29 is 13.9 Å². The zero-order valence-electron chi connectivity index (χ0n) is 11.9. The van der Waals surface area contributed by atoms with E-state index < -0.39 is 5.97 Å². The second kappa shape index (κ2) is 5.40. The van der Waals surface area contributed by atoms with Crippen LogP contribution in [0.1, 0.15) is 36.7 Å². The van der Waals surface area contributed by atoms with Gasteiger partial charge in [0.2, 0.25) is 0 Å². The van der Waals surface area contributed by atoms with Gasteiger partial charge in [-0.3, -0.25) is 0 Å². The Balaban J connectivity index is 1.87.